The minimum atomic E-state index is 0.0680. The van der Waals surface area contributed by atoms with Crippen LogP contribution >= 0.6 is 0 Å². The van der Waals surface area contributed by atoms with E-state index in [2.05, 4.69) is 40.7 Å². The molecule has 0 spiro atoms. The van der Waals surface area contributed by atoms with E-state index in [1.807, 2.05) is 0 Å². The zero-order valence-corrected chi connectivity index (χ0v) is 10.1. The Bertz CT molecular complexity index is 277. The predicted octanol–water partition coefficient (Wildman–Crippen LogP) is 3.40. The van der Waals surface area contributed by atoms with Gasteiger partial charge in [0, 0.05) is 5.41 Å². The molecule has 3 atom stereocenters. The van der Waals surface area contributed by atoms with Crippen molar-refractivity contribution in [2.24, 2.45) is 17.3 Å². The Hall–Kier alpha value is -0.300. The fourth-order valence-electron chi connectivity index (χ4n) is 3.27. The molecule has 0 aromatic heterocycles. The highest BCUT2D eigenvalue weighted by Crippen LogP contribution is 2.54. The second-order valence-electron chi connectivity index (χ2n) is 5.96. The van der Waals surface area contributed by atoms with Gasteiger partial charge in [0.15, 0.2) is 0 Å². The zero-order valence-electron chi connectivity index (χ0n) is 10.1. The average Bonchev–Trinajstić information content (AvgIpc) is 2.29. The number of ether oxygens (including phenoxy) is 1. The maximum absolute atomic E-state index is 5.98. The van der Waals surface area contributed by atoms with Gasteiger partial charge in [-0.15, -0.1) is 0 Å². The Kier molecular flexibility index (Phi) is 2.08. The zero-order chi connectivity index (χ0) is 10.6. The Morgan fingerprint density at radius 1 is 1.36 bits per heavy atom. The lowest BCUT2D eigenvalue weighted by Gasteiger charge is -2.42. The van der Waals surface area contributed by atoms with Crippen LogP contribution in [-0.2, 0) is 4.74 Å². The summed E-state index contributed by atoms with van der Waals surface area (Å²) in [6.45, 7) is 12.4. The van der Waals surface area contributed by atoms with Crippen LogP contribution in [0.1, 0.15) is 41.0 Å². The van der Waals surface area contributed by atoms with E-state index in [4.69, 9.17) is 4.74 Å². The molecule has 0 aromatic rings. The number of allylic oxidation sites excluding steroid dienone is 2. The van der Waals surface area contributed by atoms with E-state index in [1.54, 1.807) is 5.57 Å². The first-order valence-electron chi connectivity index (χ1n) is 5.67. The smallest absolute Gasteiger partial charge is 0.0664 e. The van der Waals surface area contributed by atoms with Gasteiger partial charge in [-0.2, -0.15) is 0 Å². The average molecular weight is 194 g/mol. The van der Waals surface area contributed by atoms with Gasteiger partial charge in [-0.3, -0.25) is 0 Å². The van der Waals surface area contributed by atoms with Crippen molar-refractivity contribution in [3.63, 3.8) is 0 Å². The van der Waals surface area contributed by atoms with Crippen molar-refractivity contribution in [1.82, 2.24) is 0 Å². The highest BCUT2D eigenvalue weighted by molar-refractivity contribution is 5.17. The number of rotatable bonds is 0. The largest absolute Gasteiger partial charge is 0.375 e. The molecule has 1 heterocycles. The standard InChI is InChI=1S/C13H22O/c1-9-6-10(2)13(5)8-14-12(3,4)11(13)7-9/h6,10-11H,7-8H2,1-5H3. The van der Waals surface area contributed by atoms with Crippen molar-refractivity contribution in [2.75, 3.05) is 6.61 Å². The highest BCUT2D eigenvalue weighted by Gasteiger charge is 2.54. The van der Waals surface area contributed by atoms with E-state index in [1.165, 1.54) is 6.42 Å². The molecule has 2 aliphatic rings. The predicted molar refractivity (Wildman–Crippen MR) is 59.2 cm³/mol. The third kappa shape index (κ3) is 1.25. The van der Waals surface area contributed by atoms with Gasteiger partial charge in [0.25, 0.3) is 0 Å². The first-order valence-corrected chi connectivity index (χ1v) is 5.67. The molecule has 0 bridgehead atoms. The molecular formula is C13H22O. The van der Waals surface area contributed by atoms with Crippen molar-refractivity contribution in [3.05, 3.63) is 11.6 Å². The van der Waals surface area contributed by atoms with Crippen LogP contribution < -0.4 is 0 Å². The highest BCUT2D eigenvalue weighted by atomic mass is 16.5. The number of hydrogen-bond donors (Lipinski definition) is 0. The third-order valence-corrected chi connectivity index (χ3v) is 4.49. The molecule has 0 saturated carbocycles. The summed E-state index contributed by atoms with van der Waals surface area (Å²) in [6, 6.07) is 0. The van der Waals surface area contributed by atoms with Crippen molar-refractivity contribution in [2.45, 2.75) is 46.6 Å². The molecule has 3 unspecified atom stereocenters. The second kappa shape index (κ2) is 2.85. The molecule has 1 fully saturated rings. The molecule has 1 saturated heterocycles. The minimum absolute atomic E-state index is 0.0680. The maximum atomic E-state index is 5.98. The van der Waals surface area contributed by atoms with E-state index in [0.717, 1.165) is 6.61 Å². The van der Waals surface area contributed by atoms with Gasteiger partial charge in [0.1, 0.15) is 0 Å². The van der Waals surface area contributed by atoms with Crippen LogP contribution in [0.3, 0.4) is 0 Å². The van der Waals surface area contributed by atoms with Crippen molar-refractivity contribution in [3.8, 4) is 0 Å². The molecule has 0 amide bonds. The fourth-order valence-corrected chi connectivity index (χ4v) is 3.27. The van der Waals surface area contributed by atoms with Crippen molar-refractivity contribution in [1.29, 1.82) is 0 Å². The molecule has 0 N–H and O–H groups in total. The summed E-state index contributed by atoms with van der Waals surface area (Å²) in [7, 11) is 0. The van der Waals surface area contributed by atoms with Crippen LogP contribution in [0.5, 0.6) is 0 Å². The third-order valence-electron chi connectivity index (χ3n) is 4.49. The van der Waals surface area contributed by atoms with Gasteiger partial charge >= 0.3 is 0 Å². The Morgan fingerprint density at radius 2 is 2.00 bits per heavy atom. The lowest BCUT2D eigenvalue weighted by atomic mass is 9.60. The summed E-state index contributed by atoms with van der Waals surface area (Å²) in [5.74, 6) is 1.35. The molecule has 1 aliphatic heterocycles. The number of hydrogen-bond acceptors (Lipinski definition) is 1. The summed E-state index contributed by atoms with van der Waals surface area (Å²) in [6.07, 6.45) is 3.65. The summed E-state index contributed by atoms with van der Waals surface area (Å²) >= 11 is 0. The van der Waals surface area contributed by atoms with E-state index in [0.29, 0.717) is 17.3 Å². The molecule has 80 valence electrons. The van der Waals surface area contributed by atoms with Crippen molar-refractivity contribution >= 4 is 0 Å². The van der Waals surface area contributed by atoms with Crippen LogP contribution in [0.2, 0.25) is 0 Å². The summed E-state index contributed by atoms with van der Waals surface area (Å²) < 4.78 is 5.98. The first kappa shape index (κ1) is 10.2. The molecule has 1 aliphatic carbocycles. The van der Waals surface area contributed by atoms with E-state index < -0.39 is 0 Å². The summed E-state index contributed by atoms with van der Waals surface area (Å²) in [4.78, 5) is 0. The lowest BCUT2D eigenvalue weighted by Crippen LogP contribution is -2.41. The van der Waals surface area contributed by atoms with Gasteiger partial charge < -0.3 is 4.74 Å². The Morgan fingerprint density at radius 3 is 2.64 bits per heavy atom. The maximum Gasteiger partial charge on any atom is 0.0664 e. The van der Waals surface area contributed by atoms with Crippen LogP contribution in [0.4, 0.5) is 0 Å². The monoisotopic (exact) mass is 194 g/mol. The quantitative estimate of drug-likeness (QED) is 0.537. The van der Waals surface area contributed by atoms with Crippen molar-refractivity contribution < 1.29 is 4.74 Å². The molecule has 1 heteroatoms. The first-order chi connectivity index (χ1) is 6.36. The Labute approximate surface area is 87.5 Å². The van der Waals surface area contributed by atoms with Crippen LogP contribution in [0.15, 0.2) is 11.6 Å². The van der Waals surface area contributed by atoms with E-state index in [-0.39, 0.29) is 5.60 Å². The van der Waals surface area contributed by atoms with Gasteiger partial charge in [-0.05, 0) is 39.0 Å². The summed E-state index contributed by atoms with van der Waals surface area (Å²) in [5, 5.41) is 0. The molecule has 0 aromatic carbocycles. The van der Waals surface area contributed by atoms with Crippen LogP contribution in [0, 0.1) is 17.3 Å². The van der Waals surface area contributed by atoms with Gasteiger partial charge in [0.05, 0.1) is 12.2 Å². The normalized spacial score (nSPS) is 45.9. The van der Waals surface area contributed by atoms with Gasteiger partial charge in [-0.1, -0.05) is 25.5 Å². The second-order valence-corrected chi connectivity index (χ2v) is 5.96. The van der Waals surface area contributed by atoms with E-state index in [9.17, 15) is 0 Å². The molecular weight excluding hydrogens is 172 g/mol. The van der Waals surface area contributed by atoms with Crippen LogP contribution in [-0.4, -0.2) is 12.2 Å². The minimum Gasteiger partial charge on any atom is -0.375 e. The molecule has 2 rings (SSSR count). The molecule has 1 nitrogen and oxygen atoms in total. The Balaban J connectivity index is 2.38. The molecule has 0 radical (unpaired) electrons. The fraction of sp³-hybridized carbons (Fsp3) is 0.846. The summed E-state index contributed by atoms with van der Waals surface area (Å²) in [5.41, 5.74) is 1.97. The van der Waals surface area contributed by atoms with E-state index >= 15 is 0 Å². The topological polar surface area (TPSA) is 9.23 Å². The number of fused-ring (bicyclic) bond motifs is 1. The van der Waals surface area contributed by atoms with Crippen LogP contribution in [0.25, 0.3) is 0 Å². The SMILES string of the molecule is CC1=CC(C)C2(C)COC(C)(C)C2C1. The van der Waals surface area contributed by atoms with Gasteiger partial charge in [0.2, 0.25) is 0 Å². The van der Waals surface area contributed by atoms with Gasteiger partial charge in [-0.25, -0.2) is 0 Å². The lowest BCUT2D eigenvalue weighted by molar-refractivity contribution is 0.0112. The molecule has 14 heavy (non-hydrogen) atoms.